The number of rotatable bonds is 2. The number of nitrogen functional groups attached to an aromatic ring is 1. The van der Waals surface area contributed by atoms with E-state index in [9.17, 15) is 4.79 Å². The van der Waals surface area contributed by atoms with Crippen molar-refractivity contribution in [2.24, 2.45) is 0 Å². The molecule has 2 rings (SSSR count). The second-order valence-corrected chi connectivity index (χ2v) is 3.78. The number of benzene rings is 2. The normalized spacial score (nSPS) is 10.1. The summed E-state index contributed by atoms with van der Waals surface area (Å²) in [6, 6.07) is 13.8. The number of aldehydes is 1. The minimum atomic E-state index is 0.554. The van der Waals surface area contributed by atoms with Crippen molar-refractivity contribution < 1.29 is 4.79 Å². The van der Waals surface area contributed by atoms with Gasteiger partial charge in [-0.15, -0.1) is 0 Å². The first kappa shape index (κ1) is 10.4. The van der Waals surface area contributed by atoms with Crippen molar-refractivity contribution in [3.63, 3.8) is 0 Å². The third kappa shape index (κ3) is 1.82. The minimum absolute atomic E-state index is 0.554. The number of anilines is 1. The van der Waals surface area contributed by atoms with Gasteiger partial charge in [0.05, 0.1) is 0 Å². The summed E-state index contributed by atoms with van der Waals surface area (Å²) in [5, 5.41) is 0. The van der Waals surface area contributed by atoms with Crippen LogP contribution in [0.2, 0.25) is 0 Å². The summed E-state index contributed by atoms with van der Waals surface area (Å²) in [5.74, 6) is 0. The van der Waals surface area contributed by atoms with Gasteiger partial charge >= 0.3 is 0 Å². The summed E-state index contributed by atoms with van der Waals surface area (Å²) >= 11 is 0. The van der Waals surface area contributed by atoms with Gasteiger partial charge in [0.1, 0.15) is 0 Å². The van der Waals surface area contributed by atoms with Crippen LogP contribution in [0, 0.1) is 6.92 Å². The van der Waals surface area contributed by atoms with Gasteiger partial charge in [-0.3, -0.25) is 4.79 Å². The molecule has 2 aromatic carbocycles. The van der Waals surface area contributed by atoms with E-state index >= 15 is 0 Å². The maximum absolute atomic E-state index is 10.9. The van der Waals surface area contributed by atoms with E-state index in [0.29, 0.717) is 11.3 Å². The van der Waals surface area contributed by atoms with E-state index in [2.05, 4.69) is 0 Å². The Bertz CT molecular complexity index is 518. The van der Waals surface area contributed by atoms with Crippen molar-refractivity contribution in [1.82, 2.24) is 0 Å². The Morgan fingerprint density at radius 3 is 2.38 bits per heavy atom. The topological polar surface area (TPSA) is 43.1 Å². The molecule has 0 amide bonds. The zero-order chi connectivity index (χ0) is 11.5. The van der Waals surface area contributed by atoms with Crippen LogP contribution in [0.4, 0.5) is 5.69 Å². The van der Waals surface area contributed by atoms with Crippen LogP contribution >= 0.6 is 0 Å². The molecule has 2 N–H and O–H groups in total. The van der Waals surface area contributed by atoms with Gasteiger partial charge in [-0.2, -0.15) is 0 Å². The van der Waals surface area contributed by atoms with Gasteiger partial charge in [0.15, 0.2) is 6.29 Å². The Morgan fingerprint density at radius 1 is 1.06 bits per heavy atom. The molecule has 0 aliphatic heterocycles. The number of aryl methyl sites for hydroxylation is 1. The molecule has 80 valence electrons. The third-order valence-corrected chi connectivity index (χ3v) is 2.65. The van der Waals surface area contributed by atoms with Gasteiger partial charge in [0.25, 0.3) is 0 Å². The van der Waals surface area contributed by atoms with Crippen LogP contribution in [-0.2, 0) is 0 Å². The van der Waals surface area contributed by atoms with Crippen LogP contribution in [0.5, 0.6) is 0 Å². The molecule has 0 spiro atoms. The lowest BCUT2D eigenvalue weighted by Gasteiger charge is -2.08. The lowest BCUT2D eigenvalue weighted by atomic mass is 9.99. The van der Waals surface area contributed by atoms with Crippen molar-refractivity contribution in [2.75, 3.05) is 5.73 Å². The molecule has 2 heteroatoms. The van der Waals surface area contributed by atoms with Crippen molar-refractivity contribution in [3.05, 3.63) is 53.6 Å². The molecule has 2 nitrogen and oxygen atoms in total. The van der Waals surface area contributed by atoms with Crippen molar-refractivity contribution in [1.29, 1.82) is 0 Å². The molecule has 0 unspecified atom stereocenters. The van der Waals surface area contributed by atoms with Crippen LogP contribution in [0.1, 0.15) is 15.9 Å². The van der Waals surface area contributed by atoms with Gasteiger partial charge in [-0.1, -0.05) is 30.3 Å². The fourth-order valence-corrected chi connectivity index (χ4v) is 1.72. The molecule has 16 heavy (non-hydrogen) atoms. The second kappa shape index (κ2) is 4.19. The van der Waals surface area contributed by atoms with Crippen LogP contribution in [0.3, 0.4) is 0 Å². The number of hydrogen-bond donors (Lipinski definition) is 1. The van der Waals surface area contributed by atoms with E-state index in [-0.39, 0.29) is 0 Å². The van der Waals surface area contributed by atoms with E-state index in [1.807, 2.05) is 49.4 Å². The monoisotopic (exact) mass is 211 g/mol. The standard InChI is InChI=1S/C14H13NO/c1-10-7-12(8-13(9-16)14(10)15)11-5-3-2-4-6-11/h2-9H,15H2,1H3. The molecule has 0 radical (unpaired) electrons. The molecule has 2 aromatic rings. The molecular formula is C14H13NO. The predicted molar refractivity (Wildman–Crippen MR) is 66.4 cm³/mol. The lowest BCUT2D eigenvalue weighted by molar-refractivity contribution is 0.112. The molecule has 0 saturated heterocycles. The first-order valence-electron chi connectivity index (χ1n) is 5.13. The van der Waals surface area contributed by atoms with Gasteiger partial charge < -0.3 is 5.73 Å². The largest absolute Gasteiger partial charge is 0.398 e. The first-order valence-corrected chi connectivity index (χ1v) is 5.13. The number of hydrogen-bond acceptors (Lipinski definition) is 2. The molecule has 0 saturated carbocycles. The molecule has 0 fully saturated rings. The highest BCUT2D eigenvalue weighted by Crippen LogP contribution is 2.25. The van der Waals surface area contributed by atoms with E-state index in [1.54, 1.807) is 0 Å². The van der Waals surface area contributed by atoms with Gasteiger partial charge in [0, 0.05) is 11.3 Å². The zero-order valence-corrected chi connectivity index (χ0v) is 9.10. The molecule has 0 aliphatic carbocycles. The summed E-state index contributed by atoms with van der Waals surface area (Å²) in [6.07, 6.45) is 0.800. The van der Waals surface area contributed by atoms with Crippen molar-refractivity contribution >= 4 is 12.0 Å². The molecule has 0 aromatic heterocycles. The summed E-state index contributed by atoms with van der Waals surface area (Å²) < 4.78 is 0. The minimum Gasteiger partial charge on any atom is -0.398 e. The molecular weight excluding hydrogens is 198 g/mol. The fraction of sp³-hybridized carbons (Fsp3) is 0.0714. The molecule has 0 atom stereocenters. The number of carbonyl (C=O) groups is 1. The smallest absolute Gasteiger partial charge is 0.152 e. The Balaban J connectivity index is 2.59. The first-order chi connectivity index (χ1) is 7.72. The average molecular weight is 211 g/mol. The van der Waals surface area contributed by atoms with Gasteiger partial charge in [-0.25, -0.2) is 0 Å². The fourth-order valence-electron chi connectivity index (χ4n) is 1.72. The number of carbonyl (C=O) groups excluding carboxylic acids is 1. The van der Waals surface area contributed by atoms with Crippen LogP contribution < -0.4 is 5.73 Å². The van der Waals surface area contributed by atoms with E-state index in [0.717, 1.165) is 23.0 Å². The van der Waals surface area contributed by atoms with E-state index in [1.165, 1.54) is 0 Å². The highest BCUT2D eigenvalue weighted by Gasteiger charge is 2.05. The predicted octanol–water partition coefficient (Wildman–Crippen LogP) is 3.06. The van der Waals surface area contributed by atoms with Crippen molar-refractivity contribution in [2.45, 2.75) is 6.92 Å². The van der Waals surface area contributed by atoms with Crippen LogP contribution in [0.25, 0.3) is 11.1 Å². The maximum atomic E-state index is 10.9. The SMILES string of the molecule is Cc1cc(-c2ccccc2)cc(C=O)c1N. The quantitative estimate of drug-likeness (QED) is 0.612. The number of nitrogens with two attached hydrogens (primary N) is 1. The van der Waals surface area contributed by atoms with Crippen LogP contribution in [-0.4, -0.2) is 6.29 Å². The van der Waals surface area contributed by atoms with Gasteiger partial charge in [0.2, 0.25) is 0 Å². The third-order valence-electron chi connectivity index (χ3n) is 2.65. The Kier molecular flexibility index (Phi) is 2.73. The summed E-state index contributed by atoms with van der Waals surface area (Å²) in [7, 11) is 0. The van der Waals surface area contributed by atoms with E-state index in [4.69, 9.17) is 5.73 Å². The van der Waals surface area contributed by atoms with Crippen LogP contribution in [0.15, 0.2) is 42.5 Å². The van der Waals surface area contributed by atoms with Crippen molar-refractivity contribution in [3.8, 4) is 11.1 Å². The second-order valence-electron chi connectivity index (χ2n) is 3.78. The Labute approximate surface area is 94.7 Å². The maximum Gasteiger partial charge on any atom is 0.152 e. The summed E-state index contributed by atoms with van der Waals surface area (Å²) in [6.45, 7) is 1.91. The molecule has 0 aliphatic rings. The van der Waals surface area contributed by atoms with E-state index < -0.39 is 0 Å². The Morgan fingerprint density at radius 2 is 1.75 bits per heavy atom. The highest BCUT2D eigenvalue weighted by atomic mass is 16.1. The summed E-state index contributed by atoms with van der Waals surface area (Å²) in [5.41, 5.74) is 9.98. The average Bonchev–Trinajstić information content (AvgIpc) is 2.33. The molecule has 0 bridgehead atoms. The Hall–Kier alpha value is -2.09. The lowest BCUT2D eigenvalue weighted by Crippen LogP contribution is -1.97. The molecule has 0 heterocycles. The zero-order valence-electron chi connectivity index (χ0n) is 9.10. The van der Waals surface area contributed by atoms with Gasteiger partial charge in [-0.05, 0) is 35.7 Å². The highest BCUT2D eigenvalue weighted by molar-refractivity contribution is 5.87. The summed E-state index contributed by atoms with van der Waals surface area (Å²) in [4.78, 5) is 10.9.